The number of benzene rings is 1. The van der Waals surface area contributed by atoms with Crippen molar-refractivity contribution in [1.82, 2.24) is 0 Å². The Labute approximate surface area is 133 Å². The Hall–Kier alpha value is -0.720. The highest BCUT2D eigenvalue weighted by atomic mass is 35.5. The molecule has 1 saturated heterocycles. The minimum Gasteiger partial charge on any atom is -0.310 e. The number of thioether (sulfide) groups is 1. The molecule has 1 aromatic rings. The minimum atomic E-state index is -2.94. The molecule has 0 N–H and O–H groups in total. The van der Waals surface area contributed by atoms with Crippen molar-refractivity contribution in [3.63, 3.8) is 0 Å². The Morgan fingerprint density at radius 3 is 2.95 bits per heavy atom. The summed E-state index contributed by atoms with van der Waals surface area (Å²) in [6.07, 6.45) is 0.898. The van der Waals surface area contributed by atoms with Crippen LogP contribution >= 0.6 is 23.4 Å². The second-order valence-electron chi connectivity index (χ2n) is 5.48. The number of carbonyl (C=O) groups excluding carboxylic acids is 1. The lowest BCUT2D eigenvalue weighted by Gasteiger charge is -2.30. The molecule has 0 aliphatic carbocycles. The van der Waals surface area contributed by atoms with E-state index in [2.05, 4.69) is 0 Å². The second-order valence-corrected chi connectivity index (χ2v) is 9.28. The molecule has 0 aromatic heterocycles. The van der Waals surface area contributed by atoms with E-state index in [4.69, 9.17) is 11.6 Å². The zero-order valence-corrected chi connectivity index (χ0v) is 13.8. The van der Waals surface area contributed by atoms with Gasteiger partial charge < -0.3 is 4.90 Å². The fraction of sp³-hybridized carbons (Fsp3) is 0.500. The quantitative estimate of drug-likeness (QED) is 0.826. The minimum absolute atomic E-state index is 0.000849. The van der Waals surface area contributed by atoms with E-state index in [0.717, 1.165) is 16.3 Å². The van der Waals surface area contributed by atoms with Crippen LogP contribution < -0.4 is 4.90 Å². The Balaban J connectivity index is 1.76. The number of halogens is 1. The molecular weight excluding hydrogens is 330 g/mol. The number of rotatable bonds is 2. The zero-order chi connectivity index (χ0) is 15.0. The van der Waals surface area contributed by atoms with Gasteiger partial charge in [-0.15, -0.1) is 11.8 Å². The molecule has 1 amide bonds. The highest BCUT2D eigenvalue weighted by Gasteiger charge is 2.32. The van der Waals surface area contributed by atoms with Crippen LogP contribution in [0.4, 0.5) is 5.69 Å². The van der Waals surface area contributed by atoms with Crippen molar-refractivity contribution < 1.29 is 13.2 Å². The van der Waals surface area contributed by atoms with Crippen LogP contribution in [0, 0.1) is 5.92 Å². The monoisotopic (exact) mass is 345 g/mol. The molecule has 0 bridgehead atoms. The zero-order valence-electron chi connectivity index (χ0n) is 11.4. The van der Waals surface area contributed by atoms with Crippen LogP contribution in [-0.4, -0.2) is 38.1 Å². The fourth-order valence-corrected chi connectivity index (χ4v) is 5.84. The summed E-state index contributed by atoms with van der Waals surface area (Å²) in [5, 5.41) is 0.609. The van der Waals surface area contributed by atoms with Crippen molar-refractivity contribution in [2.45, 2.75) is 17.7 Å². The average Bonchev–Trinajstić information content (AvgIpc) is 2.77. The van der Waals surface area contributed by atoms with E-state index in [-0.39, 0.29) is 23.3 Å². The number of hydrogen-bond donors (Lipinski definition) is 0. The lowest BCUT2D eigenvalue weighted by atomic mass is 10.0. The molecule has 4 nitrogen and oxygen atoms in total. The number of carbonyl (C=O) groups is 1. The summed E-state index contributed by atoms with van der Waals surface area (Å²) < 4.78 is 23.0. The molecule has 2 aliphatic heterocycles. The predicted octanol–water partition coefficient (Wildman–Crippen LogP) is 2.60. The first-order chi connectivity index (χ1) is 9.94. The van der Waals surface area contributed by atoms with Gasteiger partial charge in [0.05, 0.1) is 17.2 Å². The third-order valence-electron chi connectivity index (χ3n) is 3.88. The van der Waals surface area contributed by atoms with Gasteiger partial charge in [0.15, 0.2) is 9.84 Å². The van der Waals surface area contributed by atoms with Crippen LogP contribution in [0.25, 0.3) is 0 Å². The van der Waals surface area contributed by atoms with Crippen molar-refractivity contribution >= 4 is 44.8 Å². The number of hydrogen-bond acceptors (Lipinski definition) is 4. The fourth-order valence-electron chi connectivity index (χ4n) is 2.84. The SMILES string of the molecule is O=C(C[C@@H]1CCS(=O)(=O)C1)N1CCSc2ccc(Cl)cc21. The largest absolute Gasteiger partial charge is 0.310 e. The van der Waals surface area contributed by atoms with Gasteiger partial charge in [-0.2, -0.15) is 0 Å². The molecule has 0 spiro atoms. The van der Waals surface area contributed by atoms with Gasteiger partial charge in [-0.05, 0) is 30.5 Å². The van der Waals surface area contributed by atoms with Gasteiger partial charge in [0.25, 0.3) is 0 Å². The van der Waals surface area contributed by atoms with Crippen LogP contribution in [0.1, 0.15) is 12.8 Å². The molecule has 0 saturated carbocycles. The molecule has 1 aromatic carbocycles. The van der Waals surface area contributed by atoms with Gasteiger partial charge in [-0.3, -0.25) is 4.79 Å². The van der Waals surface area contributed by atoms with Crippen molar-refractivity contribution in [1.29, 1.82) is 0 Å². The first-order valence-electron chi connectivity index (χ1n) is 6.88. The molecule has 0 unspecified atom stereocenters. The van der Waals surface area contributed by atoms with Crippen LogP contribution in [0.3, 0.4) is 0 Å². The van der Waals surface area contributed by atoms with Gasteiger partial charge >= 0.3 is 0 Å². The number of anilines is 1. The lowest BCUT2D eigenvalue weighted by molar-refractivity contribution is -0.119. The molecule has 2 heterocycles. The Bertz CT molecular complexity index is 675. The molecule has 1 fully saturated rings. The van der Waals surface area contributed by atoms with Crippen molar-refractivity contribution in [3.8, 4) is 0 Å². The van der Waals surface area contributed by atoms with Gasteiger partial charge in [0.2, 0.25) is 5.91 Å². The topological polar surface area (TPSA) is 54.5 Å². The number of amides is 1. The molecule has 0 radical (unpaired) electrons. The first-order valence-corrected chi connectivity index (χ1v) is 10.1. The third-order valence-corrected chi connectivity index (χ3v) is 6.99. The summed E-state index contributed by atoms with van der Waals surface area (Å²) in [7, 11) is -2.94. The van der Waals surface area contributed by atoms with E-state index < -0.39 is 9.84 Å². The molecular formula is C14H16ClNO3S2. The van der Waals surface area contributed by atoms with Crippen LogP contribution in [0.15, 0.2) is 23.1 Å². The standard InChI is InChI=1S/C14H16ClNO3S2/c15-11-1-2-13-12(8-11)16(4-5-20-13)14(17)7-10-3-6-21(18,19)9-10/h1-2,8,10H,3-7,9H2/t10-/m0/s1. The molecule has 7 heteroatoms. The van der Waals surface area contributed by atoms with Crippen molar-refractivity contribution in [2.75, 3.05) is 28.7 Å². The second kappa shape index (κ2) is 5.82. The van der Waals surface area contributed by atoms with Crippen molar-refractivity contribution in [3.05, 3.63) is 23.2 Å². The maximum atomic E-state index is 12.5. The highest BCUT2D eigenvalue weighted by Crippen LogP contribution is 2.37. The normalized spacial score (nSPS) is 23.9. The van der Waals surface area contributed by atoms with Crippen LogP contribution in [-0.2, 0) is 14.6 Å². The van der Waals surface area contributed by atoms with Crippen LogP contribution in [0.5, 0.6) is 0 Å². The molecule has 21 heavy (non-hydrogen) atoms. The van der Waals surface area contributed by atoms with E-state index >= 15 is 0 Å². The summed E-state index contributed by atoms with van der Waals surface area (Å²) in [6, 6.07) is 5.57. The summed E-state index contributed by atoms with van der Waals surface area (Å²) in [5.41, 5.74) is 0.851. The van der Waals surface area contributed by atoms with E-state index in [1.165, 1.54) is 0 Å². The Morgan fingerprint density at radius 2 is 2.24 bits per heavy atom. The molecule has 114 valence electrons. The maximum absolute atomic E-state index is 12.5. The third kappa shape index (κ3) is 3.38. The molecule has 3 rings (SSSR count). The van der Waals surface area contributed by atoms with E-state index in [0.29, 0.717) is 24.4 Å². The van der Waals surface area contributed by atoms with Gasteiger partial charge in [0, 0.05) is 28.6 Å². The maximum Gasteiger partial charge on any atom is 0.227 e. The highest BCUT2D eigenvalue weighted by molar-refractivity contribution is 7.99. The Morgan fingerprint density at radius 1 is 1.43 bits per heavy atom. The van der Waals surface area contributed by atoms with Gasteiger partial charge in [0.1, 0.15) is 0 Å². The number of nitrogens with zero attached hydrogens (tertiary/aromatic N) is 1. The number of sulfone groups is 1. The molecule has 1 atom stereocenters. The van der Waals surface area contributed by atoms with Crippen molar-refractivity contribution in [2.24, 2.45) is 5.92 Å². The van der Waals surface area contributed by atoms with Crippen LogP contribution in [0.2, 0.25) is 5.02 Å². The summed E-state index contributed by atoms with van der Waals surface area (Å²) in [5.74, 6) is 1.16. The summed E-state index contributed by atoms with van der Waals surface area (Å²) in [4.78, 5) is 15.3. The number of fused-ring (bicyclic) bond motifs is 1. The van der Waals surface area contributed by atoms with E-state index in [9.17, 15) is 13.2 Å². The smallest absolute Gasteiger partial charge is 0.227 e. The molecule has 2 aliphatic rings. The Kier molecular flexibility index (Phi) is 4.21. The average molecular weight is 346 g/mol. The van der Waals surface area contributed by atoms with E-state index in [1.54, 1.807) is 16.7 Å². The predicted molar refractivity (Wildman–Crippen MR) is 85.9 cm³/mol. The summed E-state index contributed by atoms with van der Waals surface area (Å²) >= 11 is 7.74. The van der Waals surface area contributed by atoms with Gasteiger partial charge in [-0.25, -0.2) is 8.42 Å². The van der Waals surface area contributed by atoms with Gasteiger partial charge in [-0.1, -0.05) is 11.6 Å². The van der Waals surface area contributed by atoms with E-state index in [1.807, 2.05) is 18.2 Å². The summed E-state index contributed by atoms with van der Waals surface area (Å²) in [6.45, 7) is 0.649. The first kappa shape index (κ1) is 15.2. The lowest BCUT2D eigenvalue weighted by Crippen LogP contribution is -2.36.